The molecular formula is C27H21N5O. The van der Waals surface area contributed by atoms with E-state index >= 15 is 0 Å². The lowest BCUT2D eigenvalue weighted by atomic mass is 10.1. The van der Waals surface area contributed by atoms with Crippen LogP contribution in [-0.2, 0) is 6.54 Å². The van der Waals surface area contributed by atoms with Crippen molar-refractivity contribution >= 4 is 11.2 Å². The van der Waals surface area contributed by atoms with Gasteiger partial charge in [0, 0.05) is 5.56 Å². The SMILES string of the molecule is Cc1ccc(-c2nc(C#N)c3c(n2)n(-c2ccccc2C)c(=O)n3Cc2ccccc2)cc1. The van der Waals surface area contributed by atoms with Gasteiger partial charge in [-0.05, 0) is 31.0 Å². The molecule has 5 rings (SSSR count). The number of imidazole rings is 1. The third kappa shape index (κ3) is 3.60. The summed E-state index contributed by atoms with van der Waals surface area (Å²) in [6.07, 6.45) is 0. The molecule has 0 bridgehead atoms. The van der Waals surface area contributed by atoms with Gasteiger partial charge in [0.2, 0.25) is 0 Å². The van der Waals surface area contributed by atoms with Gasteiger partial charge in [-0.15, -0.1) is 0 Å². The van der Waals surface area contributed by atoms with Crippen molar-refractivity contribution in [2.45, 2.75) is 20.4 Å². The molecule has 0 saturated carbocycles. The zero-order chi connectivity index (χ0) is 22.9. The first-order chi connectivity index (χ1) is 16.1. The first-order valence-electron chi connectivity index (χ1n) is 10.7. The van der Waals surface area contributed by atoms with Crippen LogP contribution >= 0.6 is 0 Å². The molecule has 0 fully saturated rings. The smallest absolute Gasteiger partial charge is 0.283 e. The average Bonchev–Trinajstić information content (AvgIpc) is 3.11. The van der Waals surface area contributed by atoms with Gasteiger partial charge in [-0.25, -0.2) is 19.3 Å². The standard InChI is InChI=1S/C27H21N5O/c1-18-12-14-21(15-13-18)25-29-22(16-28)24-26(30-25)32(23-11-7-6-8-19(23)2)27(33)31(24)17-20-9-4-3-5-10-20/h3-15H,17H2,1-2H3. The lowest BCUT2D eigenvalue weighted by Crippen LogP contribution is -2.24. The van der Waals surface area contributed by atoms with Crippen molar-refractivity contribution in [3.8, 4) is 23.1 Å². The zero-order valence-corrected chi connectivity index (χ0v) is 18.4. The number of rotatable bonds is 4. The Bertz CT molecular complexity index is 1570. The van der Waals surface area contributed by atoms with E-state index in [1.807, 2.05) is 92.7 Å². The molecule has 2 aromatic heterocycles. The predicted octanol–water partition coefficient (Wildman–Crippen LogP) is 4.79. The molecule has 0 saturated heterocycles. The topological polar surface area (TPSA) is 76.5 Å². The van der Waals surface area contributed by atoms with Crippen LogP contribution in [0.2, 0.25) is 0 Å². The molecular weight excluding hydrogens is 410 g/mol. The molecule has 0 aliphatic carbocycles. The molecule has 5 aromatic rings. The van der Waals surface area contributed by atoms with Crippen molar-refractivity contribution in [2.75, 3.05) is 0 Å². The maximum absolute atomic E-state index is 13.8. The van der Waals surface area contributed by atoms with Gasteiger partial charge in [-0.1, -0.05) is 78.4 Å². The maximum Gasteiger partial charge on any atom is 0.335 e. The summed E-state index contributed by atoms with van der Waals surface area (Å²) in [5.74, 6) is 0.415. The number of nitrogens with zero attached hydrogens (tertiary/aromatic N) is 5. The molecule has 3 aromatic carbocycles. The number of para-hydroxylation sites is 1. The number of aromatic nitrogens is 4. The lowest BCUT2D eigenvalue weighted by Gasteiger charge is -2.08. The fourth-order valence-corrected chi connectivity index (χ4v) is 4.01. The third-order valence-corrected chi connectivity index (χ3v) is 5.73. The van der Waals surface area contributed by atoms with Gasteiger partial charge in [-0.2, -0.15) is 5.26 Å². The van der Waals surface area contributed by atoms with Crippen molar-refractivity contribution in [3.05, 3.63) is 112 Å². The first kappa shape index (κ1) is 20.4. The highest BCUT2D eigenvalue weighted by molar-refractivity contribution is 5.81. The zero-order valence-electron chi connectivity index (χ0n) is 18.4. The van der Waals surface area contributed by atoms with Crippen LogP contribution in [0, 0.1) is 25.2 Å². The van der Waals surface area contributed by atoms with Gasteiger partial charge in [0.25, 0.3) is 0 Å². The highest BCUT2D eigenvalue weighted by Crippen LogP contribution is 2.25. The molecule has 0 aliphatic rings. The normalized spacial score (nSPS) is 10.9. The van der Waals surface area contributed by atoms with Crippen LogP contribution in [0.15, 0.2) is 83.7 Å². The van der Waals surface area contributed by atoms with Crippen LogP contribution in [0.5, 0.6) is 0 Å². The summed E-state index contributed by atoms with van der Waals surface area (Å²) >= 11 is 0. The summed E-state index contributed by atoms with van der Waals surface area (Å²) in [7, 11) is 0. The van der Waals surface area contributed by atoms with Gasteiger partial charge in [-0.3, -0.25) is 4.57 Å². The fraction of sp³-hybridized carbons (Fsp3) is 0.111. The number of fused-ring (bicyclic) bond motifs is 1. The highest BCUT2D eigenvalue weighted by Gasteiger charge is 2.22. The summed E-state index contributed by atoms with van der Waals surface area (Å²) in [4.78, 5) is 23.1. The molecule has 6 nitrogen and oxygen atoms in total. The van der Waals surface area contributed by atoms with E-state index in [0.29, 0.717) is 23.5 Å². The average molecular weight is 431 g/mol. The molecule has 0 N–H and O–H groups in total. The largest absolute Gasteiger partial charge is 0.335 e. The van der Waals surface area contributed by atoms with Crippen molar-refractivity contribution < 1.29 is 0 Å². The summed E-state index contributed by atoms with van der Waals surface area (Å²) in [6.45, 7) is 4.28. The van der Waals surface area contributed by atoms with E-state index in [4.69, 9.17) is 4.98 Å². The number of hydrogen-bond donors (Lipinski definition) is 0. The quantitative estimate of drug-likeness (QED) is 0.410. The van der Waals surface area contributed by atoms with E-state index in [1.165, 1.54) is 0 Å². The van der Waals surface area contributed by atoms with Crippen LogP contribution in [-0.4, -0.2) is 19.1 Å². The van der Waals surface area contributed by atoms with Crippen LogP contribution in [0.3, 0.4) is 0 Å². The van der Waals surface area contributed by atoms with Gasteiger partial charge in [0.05, 0.1) is 12.2 Å². The highest BCUT2D eigenvalue weighted by atomic mass is 16.1. The number of nitriles is 1. The predicted molar refractivity (Wildman–Crippen MR) is 128 cm³/mol. The van der Waals surface area contributed by atoms with Gasteiger partial charge in [0.15, 0.2) is 17.2 Å². The van der Waals surface area contributed by atoms with Gasteiger partial charge in [0.1, 0.15) is 11.6 Å². The molecule has 0 aliphatic heterocycles. The van der Waals surface area contributed by atoms with E-state index in [2.05, 4.69) is 11.1 Å². The molecule has 0 spiro atoms. The van der Waals surface area contributed by atoms with E-state index < -0.39 is 0 Å². The Morgan fingerprint density at radius 3 is 2.27 bits per heavy atom. The van der Waals surface area contributed by atoms with E-state index in [9.17, 15) is 10.1 Å². The van der Waals surface area contributed by atoms with Crippen molar-refractivity contribution in [2.24, 2.45) is 0 Å². The Kier molecular flexibility index (Phi) is 5.08. The van der Waals surface area contributed by atoms with Crippen LogP contribution in [0.25, 0.3) is 28.2 Å². The van der Waals surface area contributed by atoms with E-state index in [0.717, 1.165) is 27.9 Å². The second-order valence-corrected chi connectivity index (χ2v) is 8.02. The molecule has 6 heteroatoms. The van der Waals surface area contributed by atoms with Gasteiger partial charge < -0.3 is 0 Å². The summed E-state index contributed by atoms with van der Waals surface area (Å²) in [6, 6.07) is 27.4. The summed E-state index contributed by atoms with van der Waals surface area (Å²) in [5, 5.41) is 10.0. The molecule has 0 unspecified atom stereocenters. The minimum absolute atomic E-state index is 0.177. The van der Waals surface area contributed by atoms with E-state index in [-0.39, 0.29) is 11.4 Å². The van der Waals surface area contributed by atoms with Gasteiger partial charge >= 0.3 is 5.69 Å². The third-order valence-electron chi connectivity index (χ3n) is 5.73. The minimum Gasteiger partial charge on any atom is -0.283 e. The minimum atomic E-state index is -0.255. The molecule has 0 amide bonds. The summed E-state index contributed by atoms with van der Waals surface area (Å²) in [5.41, 5.74) is 5.31. The van der Waals surface area contributed by atoms with Crippen LogP contribution in [0.1, 0.15) is 22.4 Å². The first-order valence-corrected chi connectivity index (χ1v) is 10.7. The molecule has 160 valence electrons. The molecule has 33 heavy (non-hydrogen) atoms. The van der Waals surface area contributed by atoms with Crippen LogP contribution in [0.4, 0.5) is 0 Å². The van der Waals surface area contributed by atoms with Crippen molar-refractivity contribution in [1.29, 1.82) is 5.26 Å². The summed E-state index contributed by atoms with van der Waals surface area (Å²) < 4.78 is 3.18. The molecule has 0 atom stereocenters. The number of benzene rings is 3. The maximum atomic E-state index is 13.8. The van der Waals surface area contributed by atoms with Crippen molar-refractivity contribution in [3.63, 3.8) is 0 Å². The Labute approximate surface area is 191 Å². The number of hydrogen-bond acceptors (Lipinski definition) is 4. The Morgan fingerprint density at radius 1 is 0.879 bits per heavy atom. The van der Waals surface area contributed by atoms with Crippen LogP contribution < -0.4 is 5.69 Å². The monoisotopic (exact) mass is 431 g/mol. The Balaban J connectivity index is 1.85. The number of aryl methyl sites for hydroxylation is 2. The molecule has 2 heterocycles. The Hall–Kier alpha value is -4.50. The van der Waals surface area contributed by atoms with Crippen molar-refractivity contribution in [1.82, 2.24) is 19.1 Å². The second kappa shape index (κ2) is 8.21. The fourth-order valence-electron chi connectivity index (χ4n) is 4.01. The molecule has 0 radical (unpaired) electrons. The van der Waals surface area contributed by atoms with E-state index in [1.54, 1.807) is 9.13 Å². The lowest BCUT2D eigenvalue weighted by molar-refractivity contribution is 0.761. The second-order valence-electron chi connectivity index (χ2n) is 8.02. The Morgan fingerprint density at radius 2 is 1.58 bits per heavy atom.